The zero-order valence-electron chi connectivity index (χ0n) is 9.72. The standard InChI is InChI=1S/C11H19N3O2/c1-16-7-3-2-6-14-11(9-4-5-9)10(8-15)12-13-14/h9,15H,2-8H2,1H3. The van der Waals surface area contributed by atoms with Crippen LogP contribution in [0.15, 0.2) is 0 Å². The predicted molar refractivity (Wildman–Crippen MR) is 59.0 cm³/mol. The van der Waals surface area contributed by atoms with Crippen LogP contribution in [0.2, 0.25) is 0 Å². The van der Waals surface area contributed by atoms with Crippen molar-refractivity contribution in [1.82, 2.24) is 15.0 Å². The Morgan fingerprint density at radius 2 is 2.25 bits per heavy atom. The first kappa shape index (κ1) is 11.5. The molecule has 0 aromatic carbocycles. The minimum Gasteiger partial charge on any atom is -0.390 e. The molecule has 5 heteroatoms. The molecule has 0 amide bonds. The molecule has 1 aromatic rings. The van der Waals surface area contributed by atoms with Gasteiger partial charge in [-0.2, -0.15) is 0 Å². The Morgan fingerprint density at radius 3 is 2.88 bits per heavy atom. The molecule has 1 saturated carbocycles. The molecule has 0 spiro atoms. The van der Waals surface area contributed by atoms with Crippen molar-refractivity contribution in [3.8, 4) is 0 Å². The number of hydrogen-bond donors (Lipinski definition) is 1. The number of aromatic nitrogens is 3. The molecule has 1 fully saturated rings. The largest absolute Gasteiger partial charge is 0.390 e. The summed E-state index contributed by atoms with van der Waals surface area (Å²) in [5.74, 6) is 0.583. The highest BCUT2D eigenvalue weighted by Gasteiger charge is 2.30. The highest BCUT2D eigenvalue weighted by atomic mass is 16.5. The van der Waals surface area contributed by atoms with E-state index in [-0.39, 0.29) is 6.61 Å². The molecular weight excluding hydrogens is 206 g/mol. The van der Waals surface area contributed by atoms with E-state index >= 15 is 0 Å². The van der Waals surface area contributed by atoms with Gasteiger partial charge in [0.15, 0.2) is 0 Å². The smallest absolute Gasteiger partial charge is 0.112 e. The van der Waals surface area contributed by atoms with E-state index in [0.29, 0.717) is 5.92 Å². The molecule has 1 aliphatic carbocycles. The topological polar surface area (TPSA) is 60.2 Å². The van der Waals surface area contributed by atoms with Crippen LogP contribution in [-0.2, 0) is 17.9 Å². The van der Waals surface area contributed by atoms with Gasteiger partial charge in [0.05, 0.1) is 12.3 Å². The molecule has 90 valence electrons. The Hall–Kier alpha value is -0.940. The van der Waals surface area contributed by atoms with Crippen LogP contribution in [0.25, 0.3) is 0 Å². The van der Waals surface area contributed by atoms with E-state index in [4.69, 9.17) is 4.74 Å². The second-order valence-electron chi connectivity index (χ2n) is 4.28. The van der Waals surface area contributed by atoms with E-state index in [2.05, 4.69) is 10.3 Å². The molecule has 2 rings (SSSR count). The summed E-state index contributed by atoms with van der Waals surface area (Å²) < 4.78 is 6.97. The van der Waals surface area contributed by atoms with Crippen LogP contribution in [0.3, 0.4) is 0 Å². The normalized spacial score (nSPS) is 15.6. The monoisotopic (exact) mass is 225 g/mol. The highest BCUT2D eigenvalue weighted by molar-refractivity contribution is 5.19. The fourth-order valence-corrected chi connectivity index (χ4v) is 1.95. The zero-order chi connectivity index (χ0) is 11.4. The molecule has 0 atom stereocenters. The lowest BCUT2D eigenvalue weighted by molar-refractivity contribution is 0.190. The summed E-state index contributed by atoms with van der Waals surface area (Å²) in [7, 11) is 1.72. The van der Waals surface area contributed by atoms with E-state index in [1.165, 1.54) is 12.8 Å². The predicted octanol–water partition coefficient (Wildman–Crippen LogP) is 1.07. The minimum absolute atomic E-state index is 0.00387. The van der Waals surface area contributed by atoms with Gasteiger partial charge < -0.3 is 9.84 Å². The van der Waals surface area contributed by atoms with Gasteiger partial charge in [-0.15, -0.1) is 5.10 Å². The number of unbranched alkanes of at least 4 members (excludes halogenated alkanes) is 1. The summed E-state index contributed by atoms with van der Waals surface area (Å²) in [5, 5.41) is 17.3. The van der Waals surface area contributed by atoms with E-state index in [0.717, 1.165) is 37.4 Å². The summed E-state index contributed by atoms with van der Waals surface area (Å²) >= 11 is 0. The molecule has 1 aromatic heterocycles. The van der Waals surface area contributed by atoms with Gasteiger partial charge >= 0.3 is 0 Å². The van der Waals surface area contributed by atoms with Crippen molar-refractivity contribution in [3.05, 3.63) is 11.4 Å². The molecule has 1 heterocycles. The molecule has 1 N–H and O–H groups in total. The van der Waals surface area contributed by atoms with Crippen molar-refractivity contribution < 1.29 is 9.84 Å². The van der Waals surface area contributed by atoms with E-state index < -0.39 is 0 Å². The van der Waals surface area contributed by atoms with Crippen LogP contribution < -0.4 is 0 Å². The highest BCUT2D eigenvalue weighted by Crippen LogP contribution is 2.41. The number of ether oxygens (including phenoxy) is 1. The first-order valence-corrected chi connectivity index (χ1v) is 5.89. The number of aliphatic hydroxyl groups is 1. The van der Waals surface area contributed by atoms with E-state index in [9.17, 15) is 5.11 Å². The summed E-state index contributed by atoms with van der Waals surface area (Å²) in [6, 6.07) is 0. The van der Waals surface area contributed by atoms with Crippen molar-refractivity contribution in [3.63, 3.8) is 0 Å². The van der Waals surface area contributed by atoms with E-state index in [1.807, 2.05) is 4.68 Å². The molecular formula is C11H19N3O2. The quantitative estimate of drug-likeness (QED) is 0.705. The van der Waals surface area contributed by atoms with Crippen molar-refractivity contribution in [2.75, 3.05) is 13.7 Å². The average molecular weight is 225 g/mol. The SMILES string of the molecule is COCCCCn1nnc(CO)c1C1CC1. The molecule has 0 aliphatic heterocycles. The van der Waals surface area contributed by atoms with Crippen molar-refractivity contribution in [1.29, 1.82) is 0 Å². The first-order chi connectivity index (χ1) is 7.86. The lowest BCUT2D eigenvalue weighted by Gasteiger charge is -2.06. The second kappa shape index (κ2) is 5.41. The third kappa shape index (κ3) is 2.59. The Labute approximate surface area is 95.4 Å². The Balaban J connectivity index is 1.94. The van der Waals surface area contributed by atoms with Gasteiger partial charge in [-0.1, -0.05) is 5.21 Å². The summed E-state index contributed by atoms with van der Waals surface area (Å²) in [6.45, 7) is 1.67. The van der Waals surface area contributed by atoms with Crippen molar-refractivity contribution >= 4 is 0 Å². The Bertz CT molecular complexity index is 334. The van der Waals surface area contributed by atoms with Gasteiger partial charge in [-0.25, -0.2) is 4.68 Å². The summed E-state index contributed by atoms with van der Waals surface area (Å²) in [6.07, 6.45) is 4.49. The fourth-order valence-electron chi connectivity index (χ4n) is 1.95. The second-order valence-corrected chi connectivity index (χ2v) is 4.28. The Morgan fingerprint density at radius 1 is 1.44 bits per heavy atom. The number of methoxy groups -OCH3 is 1. The molecule has 0 saturated heterocycles. The van der Waals surface area contributed by atoms with Gasteiger partial charge in [0, 0.05) is 26.2 Å². The lowest BCUT2D eigenvalue weighted by atomic mass is 10.2. The molecule has 0 radical (unpaired) electrons. The molecule has 0 bridgehead atoms. The van der Waals surface area contributed by atoms with Crippen molar-refractivity contribution in [2.45, 2.75) is 44.8 Å². The van der Waals surface area contributed by atoms with Crippen LogP contribution in [0.4, 0.5) is 0 Å². The van der Waals surface area contributed by atoms with Crippen molar-refractivity contribution in [2.24, 2.45) is 0 Å². The number of rotatable bonds is 7. The van der Waals surface area contributed by atoms with Gasteiger partial charge in [-0.05, 0) is 25.7 Å². The first-order valence-electron chi connectivity index (χ1n) is 5.89. The minimum atomic E-state index is 0.00387. The Kier molecular flexibility index (Phi) is 3.90. The maximum atomic E-state index is 9.18. The van der Waals surface area contributed by atoms with Crippen LogP contribution in [0.5, 0.6) is 0 Å². The van der Waals surface area contributed by atoms with Gasteiger partial charge in [0.2, 0.25) is 0 Å². The van der Waals surface area contributed by atoms with Crippen LogP contribution >= 0.6 is 0 Å². The van der Waals surface area contributed by atoms with Gasteiger partial charge in [0.25, 0.3) is 0 Å². The number of nitrogens with zero attached hydrogens (tertiary/aromatic N) is 3. The van der Waals surface area contributed by atoms with Crippen LogP contribution in [0.1, 0.15) is 43.0 Å². The fraction of sp³-hybridized carbons (Fsp3) is 0.818. The van der Waals surface area contributed by atoms with Crippen LogP contribution in [0, 0.1) is 0 Å². The number of aryl methyl sites for hydroxylation is 1. The van der Waals surface area contributed by atoms with Gasteiger partial charge in [0.1, 0.15) is 5.69 Å². The maximum Gasteiger partial charge on any atom is 0.112 e. The van der Waals surface area contributed by atoms with E-state index in [1.54, 1.807) is 7.11 Å². The lowest BCUT2D eigenvalue weighted by Crippen LogP contribution is -2.06. The average Bonchev–Trinajstić information content (AvgIpc) is 3.06. The zero-order valence-corrected chi connectivity index (χ0v) is 9.72. The molecule has 5 nitrogen and oxygen atoms in total. The van der Waals surface area contributed by atoms with Crippen LogP contribution in [-0.4, -0.2) is 33.8 Å². The third-order valence-corrected chi connectivity index (χ3v) is 2.93. The third-order valence-electron chi connectivity index (χ3n) is 2.93. The maximum absolute atomic E-state index is 9.18. The summed E-state index contributed by atoms with van der Waals surface area (Å²) in [5.41, 5.74) is 1.91. The number of hydrogen-bond acceptors (Lipinski definition) is 4. The molecule has 16 heavy (non-hydrogen) atoms. The number of aliphatic hydroxyl groups excluding tert-OH is 1. The molecule has 1 aliphatic rings. The molecule has 0 unspecified atom stereocenters. The van der Waals surface area contributed by atoms with Gasteiger partial charge in [-0.3, -0.25) is 0 Å². The summed E-state index contributed by atoms with van der Waals surface area (Å²) in [4.78, 5) is 0.